The van der Waals surface area contributed by atoms with Crippen molar-refractivity contribution in [3.05, 3.63) is 30.3 Å². The molecule has 1 fully saturated rings. The average molecular weight is 249 g/mol. The van der Waals surface area contributed by atoms with Crippen LogP contribution in [0.1, 0.15) is 12.8 Å². The van der Waals surface area contributed by atoms with Crippen LogP contribution < -0.4 is 4.74 Å². The first-order chi connectivity index (χ1) is 8.88. The van der Waals surface area contributed by atoms with E-state index in [0.717, 1.165) is 32.1 Å². The van der Waals surface area contributed by atoms with Gasteiger partial charge in [-0.15, -0.1) is 0 Å². The van der Waals surface area contributed by atoms with E-state index in [-0.39, 0.29) is 0 Å². The van der Waals surface area contributed by atoms with Crippen molar-refractivity contribution < 1.29 is 9.47 Å². The van der Waals surface area contributed by atoms with Crippen LogP contribution in [0.25, 0.3) is 0 Å². The summed E-state index contributed by atoms with van der Waals surface area (Å²) in [5.74, 6) is 1.63. The molecule has 1 aromatic rings. The molecule has 0 aromatic heterocycles. The van der Waals surface area contributed by atoms with Gasteiger partial charge >= 0.3 is 0 Å². The highest BCUT2D eigenvalue weighted by atomic mass is 16.5. The van der Waals surface area contributed by atoms with E-state index in [4.69, 9.17) is 9.47 Å². The monoisotopic (exact) mass is 249 g/mol. The van der Waals surface area contributed by atoms with E-state index in [1.165, 1.54) is 19.4 Å². The van der Waals surface area contributed by atoms with Gasteiger partial charge in [0, 0.05) is 26.1 Å². The fourth-order valence-electron chi connectivity index (χ4n) is 2.44. The summed E-state index contributed by atoms with van der Waals surface area (Å²) in [6.07, 6.45) is 2.54. The molecule has 0 aliphatic carbocycles. The molecule has 1 aliphatic heterocycles. The maximum atomic E-state index is 5.84. The van der Waals surface area contributed by atoms with Crippen LogP contribution in [0.3, 0.4) is 0 Å². The molecule has 100 valence electrons. The van der Waals surface area contributed by atoms with Crippen LogP contribution in [-0.2, 0) is 4.74 Å². The normalized spacial score (nSPS) is 20.8. The average Bonchev–Trinajstić information content (AvgIpc) is 2.44. The Bertz CT molecular complexity index is 329. The van der Waals surface area contributed by atoms with Crippen molar-refractivity contribution in [3.63, 3.8) is 0 Å². The van der Waals surface area contributed by atoms with Crippen molar-refractivity contribution in [2.24, 2.45) is 5.92 Å². The highest BCUT2D eigenvalue weighted by Crippen LogP contribution is 2.18. The van der Waals surface area contributed by atoms with Crippen molar-refractivity contribution in [2.75, 3.05) is 40.0 Å². The highest BCUT2D eigenvalue weighted by molar-refractivity contribution is 5.20. The lowest BCUT2D eigenvalue weighted by molar-refractivity contribution is 0.0959. The molecule has 0 unspecified atom stereocenters. The molecule has 3 nitrogen and oxygen atoms in total. The summed E-state index contributed by atoms with van der Waals surface area (Å²) < 4.78 is 11.0. The van der Waals surface area contributed by atoms with Gasteiger partial charge in [-0.25, -0.2) is 0 Å². The predicted molar refractivity (Wildman–Crippen MR) is 73.0 cm³/mol. The van der Waals surface area contributed by atoms with Gasteiger partial charge in [-0.2, -0.15) is 0 Å². The highest BCUT2D eigenvalue weighted by Gasteiger charge is 2.19. The predicted octanol–water partition coefficient (Wildman–Crippen LogP) is 2.42. The molecule has 1 aromatic carbocycles. The Kier molecular flexibility index (Phi) is 5.49. The van der Waals surface area contributed by atoms with Crippen LogP contribution >= 0.6 is 0 Å². The second-order valence-corrected chi connectivity index (χ2v) is 4.93. The lowest BCUT2D eigenvalue weighted by atomic mass is 9.99. The van der Waals surface area contributed by atoms with Crippen molar-refractivity contribution in [2.45, 2.75) is 12.8 Å². The van der Waals surface area contributed by atoms with E-state index in [1.54, 1.807) is 7.11 Å². The molecule has 0 radical (unpaired) electrons. The van der Waals surface area contributed by atoms with E-state index < -0.39 is 0 Å². The van der Waals surface area contributed by atoms with E-state index in [0.29, 0.717) is 5.92 Å². The molecule has 0 spiro atoms. The number of nitrogens with zero attached hydrogens (tertiary/aromatic N) is 1. The van der Waals surface area contributed by atoms with Gasteiger partial charge in [-0.05, 0) is 31.5 Å². The van der Waals surface area contributed by atoms with E-state index in [9.17, 15) is 0 Å². The molecule has 1 saturated heterocycles. The Hall–Kier alpha value is -1.06. The first-order valence-corrected chi connectivity index (χ1v) is 6.77. The number of hydrogen-bond acceptors (Lipinski definition) is 3. The van der Waals surface area contributed by atoms with Gasteiger partial charge in [0.05, 0.1) is 13.2 Å². The number of piperidine rings is 1. The Morgan fingerprint density at radius 3 is 2.89 bits per heavy atom. The van der Waals surface area contributed by atoms with Gasteiger partial charge < -0.3 is 14.4 Å². The first-order valence-electron chi connectivity index (χ1n) is 6.77. The molecule has 2 rings (SSSR count). The maximum Gasteiger partial charge on any atom is 0.119 e. The minimum atomic E-state index is 0.649. The van der Waals surface area contributed by atoms with Crippen molar-refractivity contribution in [1.29, 1.82) is 0 Å². The fraction of sp³-hybridized carbons (Fsp3) is 0.600. The topological polar surface area (TPSA) is 21.7 Å². The van der Waals surface area contributed by atoms with Crippen LogP contribution in [0.5, 0.6) is 5.75 Å². The van der Waals surface area contributed by atoms with Crippen LogP contribution in [0.15, 0.2) is 30.3 Å². The Morgan fingerprint density at radius 1 is 1.28 bits per heavy atom. The molecule has 1 aliphatic rings. The zero-order valence-electron chi connectivity index (χ0n) is 11.2. The summed E-state index contributed by atoms with van der Waals surface area (Å²) in [4.78, 5) is 2.48. The summed E-state index contributed by atoms with van der Waals surface area (Å²) in [5, 5.41) is 0. The molecular weight excluding hydrogens is 226 g/mol. The largest absolute Gasteiger partial charge is 0.493 e. The summed E-state index contributed by atoms with van der Waals surface area (Å²) in [5.41, 5.74) is 0. The van der Waals surface area contributed by atoms with E-state index in [2.05, 4.69) is 4.90 Å². The second-order valence-electron chi connectivity index (χ2n) is 4.93. The molecule has 1 heterocycles. The fourth-order valence-corrected chi connectivity index (χ4v) is 2.44. The Labute approximate surface area is 110 Å². The Morgan fingerprint density at radius 2 is 2.11 bits per heavy atom. The first kappa shape index (κ1) is 13.4. The summed E-state index contributed by atoms with van der Waals surface area (Å²) in [6.45, 7) is 5.03. The lowest BCUT2D eigenvalue weighted by Crippen LogP contribution is -2.39. The molecule has 18 heavy (non-hydrogen) atoms. The molecule has 0 bridgehead atoms. The third-order valence-electron chi connectivity index (χ3n) is 3.44. The number of methoxy groups -OCH3 is 1. The van der Waals surface area contributed by atoms with Crippen LogP contribution in [0, 0.1) is 5.92 Å². The van der Waals surface area contributed by atoms with Gasteiger partial charge in [0.15, 0.2) is 0 Å². The standard InChI is InChI=1S/C15H23NO2/c1-17-11-10-16-9-5-6-14(12-16)13-18-15-7-3-2-4-8-15/h2-4,7-8,14H,5-6,9-13H2,1H3/t14-/m0/s1. The quantitative estimate of drug-likeness (QED) is 0.773. The van der Waals surface area contributed by atoms with E-state index >= 15 is 0 Å². The van der Waals surface area contributed by atoms with Gasteiger partial charge in [-0.1, -0.05) is 18.2 Å². The van der Waals surface area contributed by atoms with Crippen LogP contribution in [0.2, 0.25) is 0 Å². The smallest absolute Gasteiger partial charge is 0.119 e. The molecule has 0 amide bonds. The Balaban J connectivity index is 1.72. The number of likely N-dealkylation sites (tertiary alicyclic amines) is 1. The van der Waals surface area contributed by atoms with Crippen LogP contribution in [-0.4, -0.2) is 44.9 Å². The summed E-state index contributed by atoms with van der Waals surface area (Å²) >= 11 is 0. The summed E-state index contributed by atoms with van der Waals surface area (Å²) in [7, 11) is 1.76. The molecule has 0 N–H and O–H groups in total. The van der Waals surface area contributed by atoms with Gasteiger partial charge in [0.25, 0.3) is 0 Å². The zero-order chi connectivity index (χ0) is 12.6. The van der Waals surface area contributed by atoms with Gasteiger partial charge in [-0.3, -0.25) is 0 Å². The number of benzene rings is 1. The molecular formula is C15H23NO2. The minimum absolute atomic E-state index is 0.649. The minimum Gasteiger partial charge on any atom is -0.493 e. The zero-order valence-corrected chi connectivity index (χ0v) is 11.2. The lowest BCUT2D eigenvalue weighted by Gasteiger charge is -2.32. The number of ether oxygens (including phenoxy) is 2. The van der Waals surface area contributed by atoms with Gasteiger partial charge in [0.2, 0.25) is 0 Å². The number of rotatable bonds is 6. The second kappa shape index (κ2) is 7.39. The van der Waals surface area contributed by atoms with Crippen molar-refractivity contribution in [1.82, 2.24) is 4.90 Å². The number of para-hydroxylation sites is 1. The van der Waals surface area contributed by atoms with Crippen molar-refractivity contribution >= 4 is 0 Å². The van der Waals surface area contributed by atoms with Crippen molar-refractivity contribution in [3.8, 4) is 5.75 Å². The third-order valence-corrected chi connectivity index (χ3v) is 3.44. The summed E-state index contributed by atoms with van der Waals surface area (Å²) in [6, 6.07) is 10.1. The van der Waals surface area contributed by atoms with Gasteiger partial charge in [0.1, 0.15) is 5.75 Å². The molecule has 0 saturated carbocycles. The number of hydrogen-bond donors (Lipinski definition) is 0. The van der Waals surface area contributed by atoms with Crippen LogP contribution in [0.4, 0.5) is 0 Å². The SMILES string of the molecule is COCCN1CCC[C@H](COc2ccccc2)C1. The third kappa shape index (κ3) is 4.31. The molecule has 1 atom stereocenters. The van der Waals surface area contributed by atoms with E-state index in [1.807, 2.05) is 30.3 Å². The maximum absolute atomic E-state index is 5.84. The molecule has 3 heteroatoms.